The van der Waals surface area contributed by atoms with Gasteiger partial charge >= 0.3 is 11.8 Å². The topological polar surface area (TPSA) is 89.0 Å². The number of anilines is 1. The molecule has 11 heteroatoms. The van der Waals surface area contributed by atoms with Gasteiger partial charge in [0.1, 0.15) is 23.9 Å². The van der Waals surface area contributed by atoms with E-state index in [1.54, 1.807) is 36.4 Å². The Morgan fingerprint density at radius 2 is 1.74 bits per heavy atom. The number of hydrazone groups is 1. The second-order valence-electron chi connectivity index (χ2n) is 6.72. The number of hydrogen-bond donors (Lipinski definition) is 2. The first-order chi connectivity index (χ1) is 16.3. The maximum atomic E-state index is 13.2. The second-order valence-corrected chi connectivity index (χ2v) is 7.97. The molecule has 0 radical (unpaired) electrons. The molecule has 3 rings (SSSR count). The zero-order valence-corrected chi connectivity index (χ0v) is 19.8. The van der Waals surface area contributed by atoms with E-state index < -0.39 is 17.6 Å². The molecule has 2 amide bonds. The van der Waals surface area contributed by atoms with Crippen LogP contribution >= 0.6 is 34.8 Å². The van der Waals surface area contributed by atoms with Gasteiger partial charge in [-0.05, 0) is 60.2 Å². The zero-order valence-electron chi connectivity index (χ0n) is 17.6. The summed E-state index contributed by atoms with van der Waals surface area (Å²) in [5.41, 5.74) is 3.57. The summed E-state index contributed by atoms with van der Waals surface area (Å²) in [6, 6.07) is 13.6. The normalized spacial score (nSPS) is 10.7. The third kappa shape index (κ3) is 6.84. The highest BCUT2D eigenvalue weighted by Gasteiger charge is 2.14. The molecule has 7 nitrogen and oxygen atoms in total. The molecule has 0 fully saturated rings. The molecule has 34 heavy (non-hydrogen) atoms. The van der Waals surface area contributed by atoms with E-state index in [0.29, 0.717) is 32.7 Å². The van der Waals surface area contributed by atoms with E-state index in [2.05, 4.69) is 15.8 Å². The highest BCUT2D eigenvalue weighted by molar-refractivity contribution is 6.40. The molecular weight excluding hydrogens is 508 g/mol. The van der Waals surface area contributed by atoms with Crippen LogP contribution in [0.3, 0.4) is 0 Å². The third-order valence-corrected chi connectivity index (χ3v) is 5.17. The smallest absolute Gasteiger partial charge is 0.329 e. The summed E-state index contributed by atoms with van der Waals surface area (Å²) in [6.07, 6.45) is 1.35. The molecule has 2 N–H and O–H groups in total. The van der Waals surface area contributed by atoms with E-state index in [9.17, 15) is 14.0 Å². The van der Waals surface area contributed by atoms with Crippen molar-refractivity contribution in [1.29, 1.82) is 0 Å². The van der Waals surface area contributed by atoms with Crippen molar-refractivity contribution in [3.8, 4) is 11.5 Å². The van der Waals surface area contributed by atoms with E-state index in [4.69, 9.17) is 44.3 Å². The van der Waals surface area contributed by atoms with Gasteiger partial charge in [0.2, 0.25) is 0 Å². The second kappa shape index (κ2) is 11.7. The number of carbonyl (C=O) groups excluding carboxylic acids is 2. The van der Waals surface area contributed by atoms with Gasteiger partial charge in [-0.2, -0.15) is 5.10 Å². The Bertz CT molecular complexity index is 1250. The van der Waals surface area contributed by atoms with Crippen LogP contribution in [0, 0.1) is 5.82 Å². The molecule has 0 aromatic heterocycles. The van der Waals surface area contributed by atoms with E-state index >= 15 is 0 Å². The van der Waals surface area contributed by atoms with Crippen molar-refractivity contribution in [2.45, 2.75) is 6.61 Å². The molecule has 3 aromatic rings. The van der Waals surface area contributed by atoms with Crippen LogP contribution in [0.25, 0.3) is 0 Å². The number of nitrogens with one attached hydrogen (secondary N) is 2. The van der Waals surface area contributed by atoms with Gasteiger partial charge in [0, 0.05) is 16.3 Å². The number of benzene rings is 3. The molecule has 0 saturated heterocycles. The Morgan fingerprint density at radius 1 is 0.971 bits per heavy atom. The highest BCUT2D eigenvalue weighted by atomic mass is 35.5. The van der Waals surface area contributed by atoms with E-state index in [0.717, 1.165) is 6.07 Å². The van der Waals surface area contributed by atoms with Gasteiger partial charge in [0.25, 0.3) is 0 Å². The molecule has 0 saturated carbocycles. The number of ether oxygens (including phenoxy) is 2. The fourth-order valence-electron chi connectivity index (χ4n) is 2.72. The van der Waals surface area contributed by atoms with Crippen molar-refractivity contribution in [2.24, 2.45) is 5.10 Å². The Hall–Kier alpha value is -3.33. The van der Waals surface area contributed by atoms with Crippen LogP contribution in [0.1, 0.15) is 11.1 Å². The Labute approximate surface area is 209 Å². The maximum absolute atomic E-state index is 13.2. The minimum atomic E-state index is -1.02. The first kappa shape index (κ1) is 25.3. The van der Waals surface area contributed by atoms with Gasteiger partial charge in [-0.1, -0.05) is 34.8 Å². The molecule has 3 aromatic carbocycles. The van der Waals surface area contributed by atoms with Gasteiger partial charge < -0.3 is 14.8 Å². The summed E-state index contributed by atoms with van der Waals surface area (Å²) in [5.74, 6) is -1.64. The number of methoxy groups -OCH3 is 1. The summed E-state index contributed by atoms with van der Waals surface area (Å²) < 4.78 is 24.3. The van der Waals surface area contributed by atoms with E-state index in [1.165, 1.54) is 25.5 Å². The number of carbonyl (C=O) groups is 2. The van der Waals surface area contributed by atoms with Gasteiger partial charge in [-0.3, -0.25) is 9.59 Å². The van der Waals surface area contributed by atoms with Crippen LogP contribution in [0.15, 0.2) is 59.7 Å². The van der Waals surface area contributed by atoms with Crippen LogP contribution in [-0.2, 0) is 16.2 Å². The van der Waals surface area contributed by atoms with Gasteiger partial charge in [-0.15, -0.1) is 0 Å². The first-order valence-electron chi connectivity index (χ1n) is 9.61. The fourth-order valence-corrected chi connectivity index (χ4v) is 3.36. The lowest BCUT2D eigenvalue weighted by molar-refractivity contribution is -0.136. The zero-order chi connectivity index (χ0) is 24.7. The Balaban J connectivity index is 1.61. The van der Waals surface area contributed by atoms with Crippen LogP contribution in [0.2, 0.25) is 15.1 Å². The Kier molecular flexibility index (Phi) is 8.70. The molecule has 0 aliphatic rings. The van der Waals surface area contributed by atoms with Crippen molar-refractivity contribution in [1.82, 2.24) is 5.43 Å². The number of hydrogen-bond acceptors (Lipinski definition) is 5. The minimum Gasteiger partial charge on any atom is -0.496 e. The van der Waals surface area contributed by atoms with E-state index in [1.807, 2.05) is 0 Å². The van der Waals surface area contributed by atoms with Crippen LogP contribution in [0.5, 0.6) is 11.5 Å². The monoisotopic (exact) mass is 523 g/mol. The summed E-state index contributed by atoms with van der Waals surface area (Å²) in [6.45, 7) is 0.140. The quantitative estimate of drug-likeness (QED) is 0.244. The number of rotatable bonds is 7. The summed E-state index contributed by atoms with van der Waals surface area (Å²) in [5, 5.41) is 6.75. The maximum Gasteiger partial charge on any atom is 0.329 e. The molecule has 0 atom stereocenters. The van der Waals surface area contributed by atoms with Crippen molar-refractivity contribution >= 4 is 58.5 Å². The lowest BCUT2D eigenvalue weighted by atomic mass is 10.1. The summed E-state index contributed by atoms with van der Waals surface area (Å²) in [4.78, 5) is 23.9. The molecule has 0 aliphatic heterocycles. The van der Waals surface area contributed by atoms with Gasteiger partial charge in [0.15, 0.2) is 0 Å². The molecule has 0 unspecified atom stereocenters. The van der Waals surface area contributed by atoms with Crippen molar-refractivity contribution in [2.75, 3.05) is 12.4 Å². The van der Waals surface area contributed by atoms with Gasteiger partial charge in [0.05, 0.1) is 23.4 Å². The average molecular weight is 525 g/mol. The standard InChI is InChI=1S/C23H17Cl3FN3O4/c1-33-20-6-2-13(8-14(20)12-34-21-7-3-15(24)9-18(21)26)11-28-30-23(32)22(31)29-16-4-5-19(27)17(25)10-16/h2-11H,12H2,1H3,(H,29,31)(H,30,32). The summed E-state index contributed by atoms with van der Waals surface area (Å²) in [7, 11) is 1.52. The van der Waals surface area contributed by atoms with Crippen molar-refractivity contribution in [3.05, 3.63) is 86.6 Å². The predicted octanol–water partition coefficient (Wildman–Crippen LogP) is 5.46. The Morgan fingerprint density at radius 3 is 2.44 bits per heavy atom. The number of nitrogens with zero attached hydrogens (tertiary/aromatic N) is 1. The summed E-state index contributed by atoms with van der Waals surface area (Å²) >= 11 is 17.7. The SMILES string of the molecule is COc1ccc(C=NNC(=O)C(=O)Nc2ccc(F)c(Cl)c2)cc1COc1ccc(Cl)cc1Cl. The van der Waals surface area contributed by atoms with Crippen molar-refractivity contribution < 1.29 is 23.5 Å². The molecule has 0 heterocycles. The molecule has 0 aliphatic carbocycles. The molecule has 176 valence electrons. The predicted molar refractivity (Wildman–Crippen MR) is 130 cm³/mol. The lowest BCUT2D eigenvalue weighted by Gasteiger charge is -2.12. The third-order valence-electron chi connectivity index (χ3n) is 4.34. The lowest BCUT2D eigenvalue weighted by Crippen LogP contribution is -2.32. The van der Waals surface area contributed by atoms with Crippen LogP contribution in [0.4, 0.5) is 10.1 Å². The average Bonchev–Trinajstić information content (AvgIpc) is 2.81. The van der Waals surface area contributed by atoms with Gasteiger partial charge in [-0.25, -0.2) is 9.82 Å². The fraction of sp³-hybridized carbons (Fsp3) is 0.0870. The highest BCUT2D eigenvalue weighted by Crippen LogP contribution is 2.29. The number of amides is 2. The largest absolute Gasteiger partial charge is 0.496 e. The molecular formula is C23H17Cl3FN3O4. The minimum absolute atomic E-state index is 0.140. The first-order valence-corrected chi connectivity index (χ1v) is 10.7. The number of halogens is 4. The van der Waals surface area contributed by atoms with Crippen LogP contribution < -0.4 is 20.2 Å². The van der Waals surface area contributed by atoms with Crippen molar-refractivity contribution in [3.63, 3.8) is 0 Å². The molecule has 0 bridgehead atoms. The molecule has 0 spiro atoms. The van der Waals surface area contributed by atoms with E-state index in [-0.39, 0.29) is 17.3 Å². The van der Waals surface area contributed by atoms with Crippen LogP contribution in [-0.4, -0.2) is 25.1 Å².